The van der Waals surface area contributed by atoms with Crippen molar-refractivity contribution in [2.24, 2.45) is 0 Å². The van der Waals surface area contributed by atoms with E-state index in [9.17, 15) is 9.59 Å². The van der Waals surface area contributed by atoms with E-state index in [4.69, 9.17) is 11.6 Å². The van der Waals surface area contributed by atoms with Gasteiger partial charge in [0.05, 0.1) is 12.2 Å². The fourth-order valence-electron chi connectivity index (χ4n) is 4.35. The van der Waals surface area contributed by atoms with Crippen LogP contribution in [0.5, 0.6) is 0 Å². The summed E-state index contributed by atoms with van der Waals surface area (Å²) in [5.74, 6) is 0.499. The predicted molar refractivity (Wildman–Crippen MR) is 125 cm³/mol. The Morgan fingerprint density at radius 1 is 1.03 bits per heavy atom. The van der Waals surface area contributed by atoms with Crippen LogP contribution in [0.3, 0.4) is 0 Å². The Labute approximate surface area is 190 Å². The molecule has 3 aromatic carbocycles. The largest absolute Gasteiger partial charge is 0.311 e. The Kier molecular flexibility index (Phi) is 5.03. The summed E-state index contributed by atoms with van der Waals surface area (Å²) in [4.78, 5) is 29.9. The van der Waals surface area contributed by atoms with Gasteiger partial charge in [-0.3, -0.25) is 9.59 Å². The number of carbonyl (C=O) groups is 2. The number of hydrogen-bond acceptors (Lipinski definition) is 3. The summed E-state index contributed by atoms with van der Waals surface area (Å²) in [5, 5.41) is 0.577. The summed E-state index contributed by atoms with van der Waals surface area (Å²) in [6.07, 6.45) is 0. The molecule has 1 saturated heterocycles. The second-order valence-electron chi connectivity index (χ2n) is 7.85. The van der Waals surface area contributed by atoms with Gasteiger partial charge in [-0.2, -0.15) is 0 Å². The zero-order chi connectivity index (χ0) is 21.6. The number of amides is 2. The normalized spacial score (nSPS) is 19.9. The highest BCUT2D eigenvalue weighted by Crippen LogP contribution is 2.54. The van der Waals surface area contributed by atoms with Crippen molar-refractivity contribution in [3.05, 3.63) is 100 Å². The van der Waals surface area contributed by atoms with Crippen LogP contribution in [0.25, 0.3) is 0 Å². The van der Waals surface area contributed by atoms with E-state index in [1.807, 2.05) is 36.1 Å². The van der Waals surface area contributed by atoms with Crippen molar-refractivity contribution < 1.29 is 9.59 Å². The highest BCUT2D eigenvalue weighted by molar-refractivity contribution is 8.01. The highest BCUT2D eigenvalue weighted by Gasteiger charge is 2.59. The third-order valence-corrected chi connectivity index (χ3v) is 7.57. The number of aryl methyl sites for hydroxylation is 1. The number of nitrogens with zero attached hydrogens (tertiary/aromatic N) is 2. The summed E-state index contributed by atoms with van der Waals surface area (Å²) in [6.45, 7) is 3.04. The molecule has 156 valence electrons. The number of anilines is 1. The first kappa shape index (κ1) is 20.2. The SMILES string of the molecule is Cc1ccc(CN2C(=O)[C@]3(SCCN3C(=O)c3ccc(Cl)cc3)c3ccccc32)cc1. The maximum atomic E-state index is 13.9. The van der Waals surface area contributed by atoms with E-state index in [1.165, 1.54) is 5.56 Å². The van der Waals surface area contributed by atoms with Gasteiger partial charge in [0.15, 0.2) is 4.87 Å². The molecule has 0 aliphatic carbocycles. The molecule has 1 atom stereocenters. The first-order valence-electron chi connectivity index (χ1n) is 10.2. The molecule has 2 aliphatic rings. The van der Waals surface area contributed by atoms with Gasteiger partial charge in [-0.25, -0.2) is 0 Å². The molecule has 2 heterocycles. The number of para-hydroxylation sites is 1. The summed E-state index contributed by atoms with van der Waals surface area (Å²) < 4.78 is 0. The molecule has 0 aromatic heterocycles. The molecule has 4 nitrogen and oxygen atoms in total. The van der Waals surface area contributed by atoms with Crippen molar-refractivity contribution >= 4 is 40.9 Å². The minimum atomic E-state index is -1.03. The number of benzene rings is 3. The fraction of sp³-hybridized carbons (Fsp3) is 0.200. The molecular weight excluding hydrogens is 428 g/mol. The molecule has 0 saturated carbocycles. The summed E-state index contributed by atoms with van der Waals surface area (Å²) in [6, 6.07) is 22.9. The Morgan fingerprint density at radius 2 is 1.74 bits per heavy atom. The van der Waals surface area contributed by atoms with Crippen LogP contribution in [0, 0.1) is 6.92 Å². The number of carbonyl (C=O) groups excluding carboxylic acids is 2. The van der Waals surface area contributed by atoms with Crippen LogP contribution in [-0.4, -0.2) is 29.0 Å². The second kappa shape index (κ2) is 7.74. The zero-order valence-electron chi connectivity index (χ0n) is 17.0. The first-order chi connectivity index (χ1) is 15.0. The number of halogens is 1. The third kappa shape index (κ3) is 3.24. The van der Waals surface area contributed by atoms with Gasteiger partial charge in [0, 0.05) is 28.4 Å². The van der Waals surface area contributed by atoms with Gasteiger partial charge in [0.25, 0.3) is 11.8 Å². The molecule has 0 unspecified atom stereocenters. The smallest absolute Gasteiger partial charge is 0.268 e. The third-order valence-electron chi connectivity index (χ3n) is 5.90. The lowest BCUT2D eigenvalue weighted by Gasteiger charge is -2.33. The first-order valence-corrected chi connectivity index (χ1v) is 11.6. The van der Waals surface area contributed by atoms with Crippen molar-refractivity contribution in [3.8, 4) is 0 Å². The van der Waals surface area contributed by atoms with Crippen LogP contribution in [0.15, 0.2) is 72.8 Å². The van der Waals surface area contributed by atoms with E-state index >= 15 is 0 Å². The van der Waals surface area contributed by atoms with Gasteiger partial charge >= 0.3 is 0 Å². The highest BCUT2D eigenvalue weighted by atomic mass is 35.5. The van der Waals surface area contributed by atoms with Gasteiger partial charge in [-0.1, -0.05) is 59.6 Å². The monoisotopic (exact) mass is 448 g/mol. The number of rotatable bonds is 3. The molecule has 0 bridgehead atoms. The predicted octanol–water partition coefficient (Wildman–Crippen LogP) is 5.24. The molecular formula is C25H21ClN2O2S. The van der Waals surface area contributed by atoms with Gasteiger partial charge < -0.3 is 9.80 Å². The summed E-state index contributed by atoms with van der Waals surface area (Å²) in [7, 11) is 0. The maximum absolute atomic E-state index is 13.9. The van der Waals surface area contributed by atoms with Crippen molar-refractivity contribution in [3.63, 3.8) is 0 Å². The van der Waals surface area contributed by atoms with E-state index in [0.29, 0.717) is 29.4 Å². The van der Waals surface area contributed by atoms with Crippen LogP contribution in [0.4, 0.5) is 5.69 Å². The topological polar surface area (TPSA) is 40.6 Å². The van der Waals surface area contributed by atoms with E-state index in [-0.39, 0.29) is 11.8 Å². The van der Waals surface area contributed by atoms with Crippen LogP contribution in [0.1, 0.15) is 27.0 Å². The molecule has 3 aromatic rings. The minimum absolute atomic E-state index is 0.0564. The molecule has 2 amide bonds. The Balaban J connectivity index is 1.56. The maximum Gasteiger partial charge on any atom is 0.268 e. The Bertz CT molecular complexity index is 1160. The molecule has 0 N–H and O–H groups in total. The molecule has 6 heteroatoms. The molecule has 1 fully saturated rings. The number of hydrogen-bond donors (Lipinski definition) is 0. The van der Waals surface area contributed by atoms with Gasteiger partial charge in [0.1, 0.15) is 0 Å². The van der Waals surface area contributed by atoms with Crippen LogP contribution in [-0.2, 0) is 16.2 Å². The molecule has 2 aliphatic heterocycles. The van der Waals surface area contributed by atoms with Gasteiger partial charge in [-0.15, -0.1) is 11.8 Å². The lowest BCUT2D eigenvalue weighted by Crippen LogP contribution is -2.50. The quantitative estimate of drug-likeness (QED) is 0.550. The number of thioether (sulfide) groups is 1. The molecule has 5 rings (SSSR count). The second-order valence-corrected chi connectivity index (χ2v) is 9.57. The van der Waals surface area contributed by atoms with Gasteiger partial charge in [-0.05, 0) is 42.8 Å². The van der Waals surface area contributed by atoms with Crippen molar-refractivity contribution in [1.29, 1.82) is 0 Å². The summed E-state index contributed by atoms with van der Waals surface area (Å²) >= 11 is 7.54. The Hall–Kier alpha value is -2.76. The average Bonchev–Trinajstić information content (AvgIpc) is 3.33. The molecule has 0 radical (unpaired) electrons. The fourth-order valence-corrected chi connectivity index (χ4v) is 5.94. The minimum Gasteiger partial charge on any atom is -0.311 e. The van der Waals surface area contributed by atoms with Gasteiger partial charge in [0.2, 0.25) is 0 Å². The van der Waals surface area contributed by atoms with E-state index in [2.05, 4.69) is 24.3 Å². The average molecular weight is 449 g/mol. The lowest BCUT2D eigenvalue weighted by atomic mass is 10.0. The van der Waals surface area contributed by atoms with Crippen LogP contribution in [0.2, 0.25) is 5.02 Å². The van der Waals surface area contributed by atoms with Crippen molar-refractivity contribution in [1.82, 2.24) is 4.90 Å². The zero-order valence-corrected chi connectivity index (χ0v) is 18.6. The van der Waals surface area contributed by atoms with Crippen LogP contribution < -0.4 is 4.90 Å². The van der Waals surface area contributed by atoms with E-state index < -0.39 is 4.87 Å². The summed E-state index contributed by atoms with van der Waals surface area (Å²) in [5.41, 5.74) is 4.53. The number of fused-ring (bicyclic) bond motifs is 2. The van der Waals surface area contributed by atoms with Crippen molar-refractivity contribution in [2.45, 2.75) is 18.3 Å². The van der Waals surface area contributed by atoms with E-state index in [0.717, 1.165) is 16.8 Å². The van der Waals surface area contributed by atoms with Crippen LogP contribution >= 0.6 is 23.4 Å². The molecule has 1 spiro atoms. The standard InChI is InChI=1S/C25H21ClN2O2S/c1-17-6-8-18(9-7-17)16-27-22-5-3-2-4-21(22)25(24(27)30)28(14-15-31-25)23(29)19-10-12-20(26)13-11-19/h2-13H,14-16H2,1H3/t25-/m1/s1. The lowest BCUT2D eigenvalue weighted by molar-refractivity contribution is -0.123. The Morgan fingerprint density at radius 3 is 2.48 bits per heavy atom. The molecule has 31 heavy (non-hydrogen) atoms. The van der Waals surface area contributed by atoms with Crippen molar-refractivity contribution in [2.75, 3.05) is 17.2 Å². The van der Waals surface area contributed by atoms with E-state index in [1.54, 1.807) is 40.9 Å².